The molecule has 0 fully saturated rings. The Labute approximate surface area is 157 Å². The average Bonchev–Trinajstić information content (AvgIpc) is 2.99. The van der Waals surface area contributed by atoms with Gasteiger partial charge in [0.2, 0.25) is 5.56 Å². The molecule has 0 aliphatic heterocycles. The Kier molecular flexibility index (Phi) is 4.03. The van der Waals surface area contributed by atoms with E-state index >= 15 is 0 Å². The molecule has 4 aromatic rings. The topological polar surface area (TPSA) is 94.7 Å². The SMILES string of the molecule is Cn1c(=O)c2c(nc(SCc3cc(=O)[nH]c4ccccc34)n2C)n(C)c1=O. The number of nitrogens with one attached hydrogen (secondary N) is 1. The normalized spacial score (nSPS) is 11.5. The molecular formula is C18H17N5O3S. The Morgan fingerprint density at radius 3 is 2.56 bits per heavy atom. The zero-order valence-electron chi connectivity index (χ0n) is 15.0. The molecule has 27 heavy (non-hydrogen) atoms. The Hall–Kier alpha value is -3.07. The van der Waals surface area contributed by atoms with Crippen LogP contribution in [0.3, 0.4) is 0 Å². The van der Waals surface area contributed by atoms with Crippen molar-refractivity contribution in [3.05, 3.63) is 67.1 Å². The van der Waals surface area contributed by atoms with Gasteiger partial charge in [0, 0.05) is 43.9 Å². The van der Waals surface area contributed by atoms with Gasteiger partial charge >= 0.3 is 5.69 Å². The molecule has 0 saturated heterocycles. The molecule has 0 saturated carbocycles. The summed E-state index contributed by atoms with van der Waals surface area (Å²) in [7, 11) is 4.79. The van der Waals surface area contributed by atoms with Crippen LogP contribution in [0, 0.1) is 0 Å². The molecule has 1 N–H and O–H groups in total. The molecule has 1 aromatic carbocycles. The zero-order valence-corrected chi connectivity index (χ0v) is 15.8. The van der Waals surface area contributed by atoms with Gasteiger partial charge in [0.15, 0.2) is 16.3 Å². The van der Waals surface area contributed by atoms with Crippen molar-refractivity contribution in [3.8, 4) is 0 Å². The van der Waals surface area contributed by atoms with Crippen molar-refractivity contribution in [3.63, 3.8) is 0 Å². The maximum atomic E-state index is 12.5. The summed E-state index contributed by atoms with van der Waals surface area (Å²) in [5.74, 6) is 0.510. The van der Waals surface area contributed by atoms with Crippen LogP contribution in [-0.2, 0) is 26.9 Å². The fourth-order valence-electron chi connectivity index (χ4n) is 3.17. The summed E-state index contributed by atoms with van der Waals surface area (Å²) >= 11 is 1.41. The van der Waals surface area contributed by atoms with E-state index in [4.69, 9.17) is 0 Å². The second kappa shape index (κ2) is 6.27. The quantitative estimate of drug-likeness (QED) is 0.535. The van der Waals surface area contributed by atoms with Crippen molar-refractivity contribution in [1.82, 2.24) is 23.7 Å². The summed E-state index contributed by atoms with van der Waals surface area (Å²) in [6.07, 6.45) is 0. The molecule has 4 rings (SSSR count). The van der Waals surface area contributed by atoms with Crippen LogP contribution in [0.5, 0.6) is 0 Å². The minimum atomic E-state index is -0.414. The molecule has 3 heterocycles. The standard InChI is InChI=1S/C18H17N5O3S/c1-21-14-15(22(2)18(26)23(3)16(14)25)20-17(21)27-9-10-8-13(24)19-12-7-5-4-6-11(10)12/h4-8H,9H2,1-3H3,(H,19,24). The van der Waals surface area contributed by atoms with E-state index in [-0.39, 0.29) is 11.1 Å². The number of H-pyrrole nitrogens is 1. The number of fused-ring (bicyclic) bond motifs is 2. The predicted molar refractivity (Wildman–Crippen MR) is 105 cm³/mol. The van der Waals surface area contributed by atoms with Gasteiger partial charge in [0.1, 0.15) is 0 Å². The van der Waals surface area contributed by atoms with Crippen molar-refractivity contribution in [1.29, 1.82) is 0 Å². The number of rotatable bonds is 3. The lowest BCUT2D eigenvalue weighted by Crippen LogP contribution is -2.37. The minimum absolute atomic E-state index is 0.162. The number of imidazole rings is 1. The monoisotopic (exact) mass is 383 g/mol. The maximum absolute atomic E-state index is 12.5. The number of aromatic amines is 1. The van der Waals surface area contributed by atoms with Crippen LogP contribution in [0.4, 0.5) is 0 Å². The van der Waals surface area contributed by atoms with Crippen molar-refractivity contribution in [2.24, 2.45) is 21.1 Å². The van der Waals surface area contributed by atoms with Crippen LogP contribution in [0.15, 0.2) is 49.9 Å². The Balaban J connectivity index is 1.80. The molecule has 8 nitrogen and oxygen atoms in total. The van der Waals surface area contributed by atoms with Crippen LogP contribution in [0.1, 0.15) is 5.56 Å². The largest absolute Gasteiger partial charge is 0.332 e. The first-order chi connectivity index (χ1) is 12.9. The summed E-state index contributed by atoms with van der Waals surface area (Å²) in [6, 6.07) is 9.18. The van der Waals surface area contributed by atoms with E-state index in [1.165, 1.54) is 23.4 Å². The van der Waals surface area contributed by atoms with E-state index in [9.17, 15) is 14.4 Å². The first-order valence-electron chi connectivity index (χ1n) is 8.24. The Morgan fingerprint density at radius 2 is 1.78 bits per heavy atom. The summed E-state index contributed by atoms with van der Waals surface area (Å²) in [5, 5.41) is 1.57. The van der Waals surface area contributed by atoms with Gasteiger partial charge in [-0.25, -0.2) is 9.78 Å². The lowest BCUT2D eigenvalue weighted by atomic mass is 10.1. The van der Waals surface area contributed by atoms with Gasteiger partial charge in [-0.1, -0.05) is 30.0 Å². The highest BCUT2D eigenvalue weighted by molar-refractivity contribution is 7.98. The third-order valence-electron chi connectivity index (χ3n) is 4.63. The molecule has 0 aliphatic rings. The van der Waals surface area contributed by atoms with E-state index in [0.29, 0.717) is 22.1 Å². The molecule has 138 valence electrons. The molecule has 0 radical (unpaired) electrons. The van der Waals surface area contributed by atoms with Gasteiger partial charge in [-0.3, -0.25) is 18.7 Å². The molecule has 0 amide bonds. The highest BCUT2D eigenvalue weighted by Gasteiger charge is 2.17. The lowest BCUT2D eigenvalue weighted by molar-refractivity contribution is 0.705. The smallest absolute Gasteiger partial charge is 0.322 e. The van der Waals surface area contributed by atoms with Gasteiger partial charge in [-0.05, 0) is 11.6 Å². The highest BCUT2D eigenvalue weighted by Crippen LogP contribution is 2.26. The number of aryl methyl sites for hydroxylation is 2. The second-order valence-corrected chi connectivity index (χ2v) is 7.27. The number of nitrogens with zero attached hydrogens (tertiary/aromatic N) is 4. The molecule has 0 bridgehead atoms. The van der Waals surface area contributed by atoms with Crippen LogP contribution >= 0.6 is 11.8 Å². The van der Waals surface area contributed by atoms with Gasteiger partial charge < -0.3 is 9.55 Å². The third-order valence-corrected chi connectivity index (χ3v) is 5.71. The zero-order chi connectivity index (χ0) is 19.3. The number of benzene rings is 1. The van der Waals surface area contributed by atoms with E-state index in [1.54, 1.807) is 24.7 Å². The van der Waals surface area contributed by atoms with Gasteiger partial charge in [0.05, 0.1) is 0 Å². The molecule has 0 unspecified atom stereocenters. The third kappa shape index (κ3) is 2.71. The molecule has 9 heteroatoms. The molecular weight excluding hydrogens is 366 g/mol. The summed E-state index contributed by atoms with van der Waals surface area (Å²) in [6.45, 7) is 0. The number of para-hydroxylation sites is 1. The lowest BCUT2D eigenvalue weighted by Gasteiger charge is -2.06. The van der Waals surface area contributed by atoms with Crippen molar-refractivity contribution >= 4 is 33.8 Å². The number of thioether (sulfide) groups is 1. The van der Waals surface area contributed by atoms with E-state index in [0.717, 1.165) is 21.0 Å². The van der Waals surface area contributed by atoms with Crippen LogP contribution in [0.2, 0.25) is 0 Å². The van der Waals surface area contributed by atoms with Crippen molar-refractivity contribution in [2.75, 3.05) is 0 Å². The van der Waals surface area contributed by atoms with Crippen molar-refractivity contribution in [2.45, 2.75) is 10.9 Å². The molecule has 3 aromatic heterocycles. The highest BCUT2D eigenvalue weighted by atomic mass is 32.2. The average molecular weight is 383 g/mol. The molecule has 0 spiro atoms. The summed E-state index contributed by atoms with van der Waals surface area (Å²) in [4.78, 5) is 43.8. The Morgan fingerprint density at radius 1 is 1.04 bits per heavy atom. The van der Waals surface area contributed by atoms with Crippen molar-refractivity contribution < 1.29 is 0 Å². The summed E-state index contributed by atoms with van der Waals surface area (Å²) < 4.78 is 4.13. The number of aromatic nitrogens is 5. The van der Waals surface area contributed by atoms with E-state index in [1.807, 2.05) is 24.3 Å². The first kappa shape index (κ1) is 17.3. The van der Waals surface area contributed by atoms with Gasteiger partial charge in [-0.2, -0.15) is 0 Å². The van der Waals surface area contributed by atoms with E-state index < -0.39 is 5.69 Å². The van der Waals surface area contributed by atoms with Crippen LogP contribution in [0.25, 0.3) is 22.1 Å². The van der Waals surface area contributed by atoms with Gasteiger partial charge in [0.25, 0.3) is 5.56 Å². The predicted octanol–water partition coefficient (Wildman–Crippen LogP) is 1.10. The van der Waals surface area contributed by atoms with E-state index in [2.05, 4.69) is 9.97 Å². The first-order valence-corrected chi connectivity index (χ1v) is 9.23. The fourth-order valence-corrected chi connectivity index (χ4v) is 4.13. The number of hydrogen-bond donors (Lipinski definition) is 1. The fraction of sp³-hybridized carbons (Fsp3) is 0.222. The minimum Gasteiger partial charge on any atom is -0.322 e. The van der Waals surface area contributed by atoms with Crippen LogP contribution < -0.4 is 16.8 Å². The number of hydrogen-bond acceptors (Lipinski definition) is 5. The van der Waals surface area contributed by atoms with Gasteiger partial charge in [-0.15, -0.1) is 0 Å². The Bertz CT molecular complexity index is 1380. The maximum Gasteiger partial charge on any atom is 0.332 e. The summed E-state index contributed by atoms with van der Waals surface area (Å²) in [5.41, 5.74) is 1.43. The molecule has 0 aliphatic carbocycles. The van der Waals surface area contributed by atoms with Crippen LogP contribution in [-0.4, -0.2) is 23.7 Å². The molecule has 0 atom stereocenters. The second-order valence-electron chi connectivity index (χ2n) is 6.32. The number of pyridine rings is 1.